The maximum absolute atomic E-state index is 4.27. The topological polar surface area (TPSA) is 41.9 Å². The summed E-state index contributed by atoms with van der Waals surface area (Å²) in [5.74, 6) is 0. The van der Waals surface area contributed by atoms with Crippen molar-refractivity contribution in [1.29, 1.82) is 0 Å². The van der Waals surface area contributed by atoms with Crippen molar-refractivity contribution < 1.29 is 0 Å². The van der Waals surface area contributed by atoms with Crippen LogP contribution in [0.2, 0.25) is 0 Å². The number of hydrogen-bond acceptors (Lipinski definition) is 4. The Morgan fingerprint density at radius 3 is 2.73 bits per heavy atom. The lowest BCUT2D eigenvalue weighted by Crippen LogP contribution is -2.14. The molecule has 0 unspecified atom stereocenters. The fourth-order valence-electron chi connectivity index (χ4n) is 1.84. The van der Waals surface area contributed by atoms with Crippen LogP contribution in [0.15, 0.2) is 37.1 Å². The second kappa shape index (κ2) is 3.31. The number of pyridine rings is 1. The molecule has 3 heterocycles. The molecule has 0 aliphatic carbocycles. The van der Waals surface area contributed by atoms with Gasteiger partial charge in [-0.2, -0.15) is 0 Å². The summed E-state index contributed by atoms with van der Waals surface area (Å²) in [5.41, 5.74) is 3.53. The van der Waals surface area contributed by atoms with Gasteiger partial charge in [-0.1, -0.05) is 0 Å². The van der Waals surface area contributed by atoms with Gasteiger partial charge in [0.15, 0.2) is 0 Å². The minimum Gasteiger partial charge on any atom is -0.361 e. The fourth-order valence-corrected chi connectivity index (χ4v) is 1.84. The molecule has 1 aliphatic heterocycles. The first kappa shape index (κ1) is 8.35. The summed E-state index contributed by atoms with van der Waals surface area (Å²) in [7, 11) is 0. The van der Waals surface area contributed by atoms with E-state index >= 15 is 0 Å². The van der Waals surface area contributed by atoms with Crippen molar-refractivity contribution >= 4 is 5.69 Å². The zero-order valence-corrected chi connectivity index (χ0v) is 8.17. The molecule has 0 N–H and O–H groups in total. The van der Waals surface area contributed by atoms with Crippen LogP contribution in [0.4, 0.5) is 5.69 Å². The highest BCUT2D eigenvalue weighted by Gasteiger charge is 2.19. The Labute approximate surface area is 87.6 Å². The highest BCUT2D eigenvalue weighted by atomic mass is 15.2. The largest absolute Gasteiger partial charge is 0.361 e. The molecule has 2 aromatic rings. The number of anilines is 1. The average molecular weight is 198 g/mol. The first-order valence-electron chi connectivity index (χ1n) is 4.86. The zero-order chi connectivity index (χ0) is 10.1. The standard InChI is InChI=1S/C11H10N4/c1-3-12-4-2-10(1)15-6-9-5-13-8-14-11(9)7-15/h1-5,8H,6-7H2. The van der Waals surface area contributed by atoms with E-state index in [0.717, 1.165) is 18.8 Å². The lowest BCUT2D eigenvalue weighted by Gasteiger charge is -2.16. The van der Waals surface area contributed by atoms with Crippen LogP contribution in [-0.4, -0.2) is 15.0 Å². The molecule has 0 saturated carbocycles. The van der Waals surface area contributed by atoms with Gasteiger partial charge in [0.2, 0.25) is 0 Å². The molecular formula is C11H10N4. The Bertz CT molecular complexity index is 444. The Morgan fingerprint density at radius 2 is 1.93 bits per heavy atom. The molecule has 0 fully saturated rings. The quantitative estimate of drug-likeness (QED) is 0.694. The molecule has 3 rings (SSSR count). The van der Waals surface area contributed by atoms with E-state index in [-0.39, 0.29) is 0 Å². The molecule has 4 nitrogen and oxygen atoms in total. The van der Waals surface area contributed by atoms with E-state index < -0.39 is 0 Å². The fraction of sp³-hybridized carbons (Fsp3) is 0.182. The van der Waals surface area contributed by atoms with Crippen LogP contribution in [0.1, 0.15) is 11.3 Å². The van der Waals surface area contributed by atoms with E-state index in [1.165, 1.54) is 11.3 Å². The molecule has 74 valence electrons. The van der Waals surface area contributed by atoms with E-state index in [9.17, 15) is 0 Å². The van der Waals surface area contributed by atoms with Crippen LogP contribution in [0, 0.1) is 0 Å². The van der Waals surface area contributed by atoms with E-state index in [2.05, 4.69) is 19.9 Å². The van der Waals surface area contributed by atoms with Crippen LogP contribution < -0.4 is 4.90 Å². The van der Waals surface area contributed by atoms with Crippen LogP contribution in [0.5, 0.6) is 0 Å². The van der Waals surface area contributed by atoms with Gasteiger partial charge >= 0.3 is 0 Å². The molecule has 15 heavy (non-hydrogen) atoms. The van der Waals surface area contributed by atoms with Crippen molar-refractivity contribution in [1.82, 2.24) is 15.0 Å². The number of aromatic nitrogens is 3. The number of fused-ring (bicyclic) bond motifs is 1. The Morgan fingerprint density at radius 1 is 1.07 bits per heavy atom. The maximum atomic E-state index is 4.27. The molecule has 2 aromatic heterocycles. The molecule has 0 radical (unpaired) electrons. The first-order valence-corrected chi connectivity index (χ1v) is 4.86. The molecule has 0 atom stereocenters. The molecule has 0 amide bonds. The summed E-state index contributed by atoms with van der Waals surface area (Å²) in [6, 6.07) is 4.03. The SMILES string of the molecule is c1cc(N2Cc3cncnc3C2)ccn1. The van der Waals surface area contributed by atoms with Crippen molar-refractivity contribution in [2.24, 2.45) is 0 Å². The summed E-state index contributed by atoms with van der Waals surface area (Å²) in [6.45, 7) is 1.75. The third kappa shape index (κ3) is 1.44. The second-order valence-corrected chi connectivity index (χ2v) is 3.56. The van der Waals surface area contributed by atoms with Crippen LogP contribution in [-0.2, 0) is 13.1 Å². The molecule has 0 aromatic carbocycles. The number of nitrogens with zero attached hydrogens (tertiary/aromatic N) is 4. The smallest absolute Gasteiger partial charge is 0.115 e. The average Bonchev–Trinajstić information content (AvgIpc) is 2.74. The Balaban J connectivity index is 1.91. The summed E-state index contributed by atoms with van der Waals surface area (Å²) in [6.07, 6.45) is 7.12. The van der Waals surface area contributed by atoms with Crippen molar-refractivity contribution in [3.05, 3.63) is 48.3 Å². The van der Waals surface area contributed by atoms with Gasteiger partial charge < -0.3 is 4.90 Å². The monoisotopic (exact) mass is 198 g/mol. The minimum atomic E-state index is 0.863. The summed E-state index contributed by atoms with van der Waals surface area (Å²) >= 11 is 0. The minimum absolute atomic E-state index is 0.863. The molecule has 0 bridgehead atoms. The van der Waals surface area contributed by atoms with Gasteiger partial charge in [0.1, 0.15) is 6.33 Å². The van der Waals surface area contributed by atoms with Crippen molar-refractivity contribution in [2.45, 2.75) is 13.1 Å². The highest BCUT2D eigenvalue weighted by molar-refractivity contribution is 5.48. The van der Waals surface area contributed by atoms with Crippen LogP contribution >= 0.6 is 0 Å². The van der Waals surface area contributed by atoms with Gasteiger partial charge in [-0.05, 0) is 12.1 Å². The lowest BCUT2D eigenvalue weighted by atomic mass is 10.3. The van der Waals surface area contributed by atoms with Gasteiger partial charge in [-0.3, -0.25) is 4.98 Å². The van der Waals surface area contributed by atoms with Gasteiger partial charge in [0, 0.05) is 36.4 Å². The third-order valence-corrected chi connectivity index (χ3v) is 2.61. The van der Waals surface area contributed by atoms with Gasteiger partial charge in [-0.15, -0.1) is 0 Å². The first-order chi connectivity index (χ1) is 7.43. The number of hydrogen-bond donors (Lipinski definition) is 0. The van der Waals surface area contributed by atoms with Gasteiger partial charge in [0.05, 0.1) is 12.2 Å². The second-order valence-electron chi connectivity index (χ2n) is 3.56. The summed E-state index contributed by atoms with van der Waals surface area (Å²) in [5, 5.41) is 0. The van der Waals surface area contributed by atoms with E-state index in [0.29, 0.717) is 0 Å². The molecule has 0 saturated heterocycles. The van der Waals surface area contributed by atoms with Crippen molar-refractivity contribution in [3.8, 4) is 0 Å². The van der Waals surface area contributed by atoms with Gasteiger partial charge in [-0.25, -0.2) is 9.97 Å². The predicted molar refractivity (Wildman–Crippen MR) is 56.2 cm³/mol. The van der Waals surface area contributed by atoms with E-state index in [1.54, 1.807) is 6.33 Å². The van der Waals surface area contributed by atoms with E-state index in [1.807, 2.05) is 30.7 Å². The summed E-state index contributed by atoms with van der Waals surface area (Å²) < 4.78 is 0. The normalized spacial score (nSPS) is 14.0. The lowest BCUT2D eigenvalue weighted by molar-refractivity contribution is 0.869. The predicted octanol–water partition coefficient (Wildman–Crippen LogP) is 1.39. The van der Waals surface area contributed by atoms with Crippen molar-refractivity contribution in [3.63, 3.8) is 0 Å². The van der Waals surface area contributed by atoms with E-state index in [4.69, 9.17) is 0 Å². The van der Waals surface area contributed by atoms with Crippen LogP contribution in [0.3, 0.4) is 0 Å². The third-order valence-electron chi connectivity index (χ3n) is 2.61. The van der Waals surface area contributed by atoms with Gasteiger partial charge in [0.25, 0.3) is 0 Å². The highest BCUT2D eigenvalue weighted by Crippen LogP contribution is 2.25. The van der Waals surface area contributed by atoms with Crippen LogP contribution in [0.25, 0.3) is 0 Å². The number of rotatable bonds is 1. The molecular weight excluding hydrogens is 188 g/mol. The maximum Gasteiger partial charge on any atom is 0.115 e. The van der Waals surface area contributed by atoms with Crippen molar-refractivity contribution in [2.75, 3.05) is 4.90 Å². The molecule has 4 heteroatoms. The summed E-state index contributed by atoms with van der Waals surface area (Å²) in [4.78, 5) is 14.6. The molecule has 0 spiro atoms. The Kier molecular flexibility index (Phi) is 1.84. The zero-order valence-electron chi connectivity index (χ0n) is 8.17. The Hall–Kier alpha value is -1.97. The molecule has 1 aliphatic rings.